The highest BCUT2D eigenvalue weighted by Gasteiger charge is 2.15. The number of nitrogens with zero attached hydrogens (tertiary/aromatic N) is 3. The van der Waals surface area contributed by atoms with Gasteiger partial charge in [0.25, 0.3) is 0 Å². The van der Waals surface area contributed by atoms with Crippen LogP contribution < -0.4 is 5.32 Å². The molecule has 0 saturated heterocycles. The second-order valence-corrected chi connectivity index (χ2v) is 8.21. The van der Waals surface area contributed by atoms with Gasteiger partial charge in [0, 0.05) is 5.69 Å². The zero-order chi connectivity index (χ0) is 21.6. The Morgan fingerprint density at radius 1 is 0.903 bits per heavy atom. The second kappa shape index (κ2) is 9.62. The monoisotopic (exact) mass is 428 g/mol. The maximum Gasteiger partial charge on any atom is 0.230 e. The first-order valence-corrected chi connectivity index (χ1v) is 11.2. The lowest BCUT2D eigenvalue weighted by molar-refractivity contribution is -0.119. The number of amides is 1. The lowest BCUT2D eigenvalue weighted by Crippen LogP contribution is -2.28. The zero-order valence-electron chi connectivity index (χ0n) is 17.5. The number of nitrogens with one attached hydrogen (secondary N) is 1. The summed E-state index contributed by atoms with van der Waals surface area (Å²) in [5.74, 6) is 1.03. The van der Waals surface area contributed by atoms with Gasteiger partial charge >= 0.3 is 0 Å². The van der Waals surface area contributed by atoms with E-state index in [-0.39, 0.29) is 17.7 Å². The topological polar surface area (TPSA) is 59.8 Å². The molecule has 31 heavy (non-hydrogen) atoms. The number of hydrogen-bond donors (Lipinski definition) is 1. The fraction of sp³-hybridized carbons (Fsp3) is 0.160. The van der Waals surface area contributed by atoms with Crippen LogP contribution in [-0.2, 0) is 4.79 Å². The van der Waals surface area contributed by atoms with Gasteiger partial charge in [0.05, 0.1) is 11.8 Å². The molecule has 3 aromatic carbocycles. The van der Waals surface area contributed by atoms with E-state index >= 15 is 0 Å². The fourth-order valence-corrected chi connectivity index (χ4v) is 4.21. The van der Waals surface area contributed by atoms with Crippen LogP contribution in [0.1, 0.15) is 24.4 Å². The van der Waals surface area contributed by atoms with E-state index in [2.05, 4.69) is 51.9 Å². The summed E-state index contributed by atoms with van der Waals surface area (Å²) in [5.41, 5.74) is 4.40. The molecule has 1 aromatic heterocycles. The summed E-state index contributed by atoms with van der Waals surface area (Å²) in [6.45, 7) is 3.90. The Morgan fingerprint density at radius 2 is 1.52 bits per heavy atom. The van der Waals surface area contributed by atoms with Crippen LogP contribution in [0.4, 0.5) is 0 Å². The molecule has 5 nitrogen and oxygen atoms in total. The Labute approximate surface area is 186 Å². The molecule has 4 rings (SSSR count). The molecule has 156 valence electrons. The van der Waals surface area contributed by atoms with Crippen molar-refractivity contribution in [1.29, 1.82) is 0 Å². The molecule has 0 unspecified atom stereocenters. The number of para-hydroxylation sites is 1. The van der Waals surface area contributed by atoms with Crippen LogP contribution in [0, 0.1) is 6.92 Å². The minimum absolute atomic E-state index is 0.0371. The van der Waals surface area contributed by atoms with Crippen LogP contribution in [0.2, 0.25) is 0 Å². The fourth-order valence-electron chi connectivity index (χ4n) is 3.40. The normalized spacial score (nSPS) is 11.8. The molecule has 1 N–H and O–H groups in total. The van der Waals surface area contributed by atoms with Gasteiger partial charge in [-0.15, -0.1) is 10.2 Å². The van der Waals surface area contributed by atoms with Crippen molar-refractivity contribution in [2.24, 2.45) is 0 Å². The Balaban J connectivity index is 1.36. The van der Waals surface area contributed by atoms with Gasteiger partial charge in [0.15, 0.2) is 5.16 Å². The molecule has 0 aliphatic carbocycles. The Hall–Kier alpha value is -3.38. The van der Waals surface area contributed by atoms with Crippen molar-refractivity contribution in [1.82, 2.24) is 20.1 Å². The van der Waals surface area contributed by atoms with Gasteiger partial charge in [0.2, 0.25) is 5.91 Å². The van der Waals surface area contributed by atoms with Crippen molar-refractivity contribution in [3.8, 4) is 16.8 Å². The molecule has 0 radical (unpaired) electrons. The smallest absolute Gasteiger partial charge is 0.230 e. The molecule has 0 bridgehead atoms. The third-order valence-corrected chi connectivity index (χ3v) is 5.97. The number of benzene rings is 3. The van der Waals surface area contributed by atoms with Crippen LogP contribution in [0.15, 0.2) is 90.1 Å². The van der Waals surface area contributed by atoms with Gasteiger partial charge in [-0.2, -0.15) is 0 Å². The van der Waals surface area contributed by atoms with Crippen molar-refractivity contribution in [2.75, 3.05) is 5.75 Å². The molecule has 6 heteroatoms. The number of aryl methyl sites for hydroxylation is 1. The van der Waals surface area contributed by atoms with Gasteiger partial charge in [0.1, 0.15) is 5.82 Å². The van der Waals surface area contributed by atoms with E-state index in [1.165, 1.54) is 17.3 Å². The minimum atomic E-state index is -0.0772. The minimum Gasteiger partial charge on any atom is -0.349 e. The van der Waals surface area contributed by atoms with Crippen molar-refractivity contribution < 1.29 is 4.79 Å². The molecule has 0 saturated carbocycles. The summed E-state index contributed by atoms with van der Waals surface area (Å²) >= 11 is 1.39. The maximum absolute atomic E-state index is 12.6. The summed E-state index contributed by atoms with van der Waals surface area (Å²) in [4.78, 5) is 12.6. The molecule has 0 fully saturated rings. The summed E-state index contributed by atoms with van der Waals surface area (Å²) < 4.78 is 1.96. The Morgan fingerprint density at radius 3 is 2.19 bits per heavy atom. The predicted molar refractivity (Wildman–Crippen MR) is 125 cm³/mol. The molecule has 0 aliphatic heterocycles. The second-order valence-electron chi connectivity index (χ2n) is 7.27. The standard InChI is InChI=1S/C25H24N4OS/c1-18(20-13-15-22(16-14-20)21-9-5-3-6-10-21)26-24(30)17-31-25-28-27-19(2)29(25)23-11-7-4-8-12-23/h3-16,18H,17H2,1-2H3,(H,26,30)/t18-/m1/s1. The molecule has 0 spiro atoms. The summed E-state index contributed by atoms with van der Waals surface area (Å²) in [6.07, 6.45) is 0. The molecule has 0 aliphatic rings. The van der Waals surface area contributed by atoms with Crippen molar-refractivity contribution in [3.63, 3.8) is 0 Å². The van der Waals surface area contributed by atoms with E-state index in [1.54, 1.807) is 0 Å². The molecule has 4 aromatic rings. The van der Waals surface area contributed by atoms with Crippen LogP contribution in [0.3, 0.4) is 0 Å². The number of thioether (sulfide) groups is 1. The molecular weight excluding hydrogens is 404 g/mol. The molecule has 1 heterocycles. The van der Waals surface area contributed by atoms with E-state index in [4.69, 9.17) is 0 Å². The van der Waals surface area contributed by atoms with Gasteiger partial charge < -0.3 is 5.32 Å². The number of aromatic nitrogens is 3. The Bertz CT molecular complexity index is 1140. The Kier molecular flexibility index (Phi) is 6.48. The summed E-state index contributed by atoms with van der Waals surface area (Å²) in [6, 6.07) is 28.4. The van der Waals surface area contributed by atoms with E-state index in [0.717, 1.165) is 22.6 Å². The lowest BCUT2D eigenvalue weighted by Gasteiger charge is -2.15. The van der Waals surface area contributed by atoms with Crippen LogP contribution >= 0.6 is 11.8 Å². The highest BCUT2D eigenvalue weighted by molar-refractivity contribution is 7.99. The van der Waals surface area contributed by atoms with E-state index < -0.39 is 0 Å². The van der Waals surface area contributed by atoms with Crippen molar-refractivity contribution in [3.05, 3.63) is 96.3 Å². The summed E-state index contributed by atoms with van der Waals surface area (Å²) in [5, 5.41) is 12.2. The van der Waals surface area contributed by atoms with Crippen LogP contribution in [0.25, 0.3) is 16.8 Å². The number of hydrogen-bond acceptors (Lipinski definition) is 4. The number of rotatable bonds is 7. The summed E-state index contributed by atoms with van der Waals surface area (Å²) in [7, 11) is 0. The molecule has 1 amide bonds. The third-order valence-electron chi connectivity index (χ3n) is 5.04. The van der Waals surface area contributed by atoms with Gasteiger partial charge in [-0.25, -0.2) is 0 Å². The largest absolute Gasteiger partial charge is 0.349 e. The average molecular weight is 429 g/mol. The van der Waals surface area contributed by atoms with Gasteiger partial charge in [-0.1, -0.05) is 84.6 Å². The molecular formula is C25H24N4OS. The highest BCUT2D eigenvalue weighted by Crippen LogP contribution is 2.23. The van der Waals surface area contributed by atoms with Gasteiger partial charge in [-0.3, -0.25) is 9.36 Å². The first-order chi connectivity index (χ1) is 15.1. The average Bonchev–Trinajstić information content (AvgIpc) is 3.19. The third kappa shape index (κ3) is 5.03. The SMILES string of the molecule is Cc1nnc(SCC(=O)N[C@H](C)c2ccc(-c3ccccc3)cc2)n1-c1ccccc1. The first-order valence-electron chi connectivity index (χ1n) is 10.2. The quantitative estimate of drug-likeness (QED) is 0.411. The molecule has 1 atom stereocenters. The van der Waals surface area contributed by atoms with Crippen molar-refractivity contribution >= 4 is 17.7 Å². The zero-order valence-corrected chi connectivity index (χ0v) is 18.3. The van der Waals surface area contributed by atoms with Gasteiger partial charge in [-0.05, 0) is 42.7 Å². The van der Waals surface area contributed by atoms with E-state index in [9.17, 15) is 4.79 Å². The van der Waals surface area contributed by atoms with Crippen LogP contribution in [0.5, 0.6) is 0 Å². The maximum atomic E-state index is 12.6. The predicted octanol–water partition coefficient (Wildman–Crippen LogP) is 5.21. The number of carbonyl (C=O) groups excluding carboxylic acids is 1. The first kappa shape index (κ1) is 20.9. The highest BCUT2D eigenvalue weighted by atomic mass is 32.2. The van der Waals surface area contributed by atoms with E-state index in [0.29, 0.717) is 5.16 Å². The lowest BCUT2D eigenvalue weighted by atomic mass is 10.0. The van der Waals surface area contributed by atoms with E-state index in [1.807, 2.05) is 66.9 Å². The van der Waals surface area contributed by atoms with Crippen LogP contribution in [-0.4, -0.2) is 26.4 Å². The van der Waals surface area contributed by atoms with Crippen molar-refractivity contribution in [2.45, 2.75) is 25.0 Å². The number of carbonyl (C=O) groups is 1.